The molecule has 4 heterocycles. The van der Waals surface area contributed by atoms with Crippen molar-refractivity contribution in [3.05, 3.63) is 53.6 Å². The van der Waals surface area contributed by atoms with Crippen LogP contribution in [-0.2, 0) is 23.2 Å². The molecular weight excluding hydrogens is 588 g/mol. The zero-order chi connectivity index (χ0) is 33.0. The lowest BCUT2D eigenvalue weighted by Gasteiger charge is -2.26. The average molecular weight is 631 g/mol. The molecule has 0 spiro atoms. The first-order chi connectivity index (χ1) is 22.1. The van der Waals surface area contributed by atoms with E-state index in [1.807, 2.05) is 56.7 Å². The molecule has 2 bridgehead atoms. The van der Waals surface area contributed by atoms with Crippen molar-refractivity contribution in [3.8, 4) is 22.9 Å². The van der Waals surface area contributed by atoms with Crippen LogP contribution in [0.15, 0.2) is 36.7 Å². The highest BCUT2D eigenvalue weighted by Crippen LogP contribution is 2.32. The minimum Gasteiger partial charge on any atom is -0.493 e. The molecule has 1 aromatic carbocycles. The van der Waals surface area contributed by atoms with Crippen LogP contribution in [0, 0.1) is 19.8 Å². The Balaban J connectivity index is 1.47. The van der Waals surface area contributed by atoms with Gasteiger partial charge in [-0.2, -0.15) is 5.10 Å². The van der Waals surface area contributed by atoms with E-state index < -0.39 is 11.9 Å². The highest BCUT2D eigenvalue weighted by molar-refractivity contribution is 6.07. The summed E-state index contributed by atoms with van der Waals surface area (Å²) >= 11 is 0. The van der Waals surface area contributed by atoms with Gasteiger partial charge in [-0.05, 0) is 56.9 Å². The SMILES string of the molecule is COc1ccc2cc1OCCCN(C(=O)c1cc(C)nc3c1c(C)nn3C)CC(=O)N[C@H](C(C)C)C(=O)NCCCn1ccnc1-2. The van der Waals surface area contributed by atoms with Crippen molar-refractivity contribution in [2.45, 2.75) is 53.1 Å². The predicted molar refractivity (Wildman–Crippen MR) is 173 cm³/mol. The molecule has 1 atom stereocenters. The lowest BCUT2D eigenvalue weighted by atomic mass is 10.0. The van der Waals surface area contributed by atoms with Gasteiger partial charge in [0.15, 0.2) is 17.1 Å². The fraction of sp³-hybridized carbons (Fsp3) is 0.455. The third-order valence-corrected chi connectivity index (χ3v) is 8.06. The zero-order valence-electron chi connectivity index (χ0n) is 27.3. The number of methoxy groups -OCH3 is 1. The molecule has 3 aromatic heterocycles. The molecule has 13 heteroatoms. The van der Waals surface area contributed by atoms with Crippen molar-refractivity contribution in [2.24, 2.45) is 13.0 Å². The number of fused-ring (bicyclic) bond motifs is 5. The van der Waals surface area contributed by atoms with Crippen LogP contribution in [0.5, 0.6) is 11.5 Å². The van der Waals surface area contributed by atoms with Crippen LogP contribution < -0.4 is 20.1 Å². The van der Waals surface area contributed by atoms with E-state index in [0.29, 0.717) is 65.4 Å². The van der Waals surface area contributed by atoms with Crippen LogP contribution in [-0.4, -0.2) is 86.3 Å². The Morgan fingerprint density at radius 2 is 1.93 bits per heavy atom. The second kappa shape index (κ2) is 14.0. The maximum atomic E-state index is 14.2. The number of amides is 3. The number of aromatic nitrogens is 5. The van der Waals surface area contributed by atoms with E-state index in [4.69, 9.17) is 9.47 Å². The molecule has 2 N–H and O–H groups in total. The van der Waals surface area contributed by atoms with Crippen molar-refractivity contribution in [1.29, 1.82) is 0 Å². The summed E-state index contributed by atoms with van der Waals surface area (Å²) in [6.45, 7) is 8.69. The fourth-order valence-corrected chi connectivity index (χ4v) is 5.78. The van der Waals surface area contributed by atoms with Gasteiger partial charge in [0, 0.05) is 50.3 Å². The van der Waals surface area contributed by atoms with Crippen molar-refractivity contribution in [1.82, 2.24) is 39.8 Å². The van der Waals surface area contributed by atoms with Gasteiger partial charge in [-0.1, -0.05) is 13.8 Å². The van der Waals surface area contributed by atoms with Crippen molar-refractivity contribution in [2.75, 3.05) is 33.4 Å². The monoisotopic (exact) mass is 630 g/mol. The van der Waals surface area contributed by atoms with Gasteiger partial charge in [-0.15, -0.1) is 0 Å². The molecule has 46 heavy (non-hydrogen) atoms. The third kappa shape index (κ3) is 6.98. The van der Waals surface area contributed by atoms with Gasteiger partial charge in [-0.3, -0.25) is 19.1 Å². The van der Waals surface area contributed by atoms with Gasteiger partial charge >= 0.3 is 0 Å². The second-order valence-corrected chi connectivity index (χ2v) is 11.9. The van der Waals surface area contributed by atoms with E-state index in [9.17, 15) is 14.4 Å². The molecule has 1 aliphatic rings. The number of carbonyl (C=O) groups excluding carboxylic acids is 3. The Bertz CT molecular complexity index is 1740. The Labute approximate surface area is 268 Å². The van der Waals surface area contributed by atoms with Crippen molar-refractivity contribution >= 4 is 28.8 Å². The minimum atomic E-state index is -0.761. The summed E-state index contributed by atoms with van der Waals surface area (Å²) in [7, 11) is 3.37. The van der Waals surface area contributed by atoms with Crippen LogP contribution in [0.3, 0.4) is 0 Å². The van der Waals surface area contributed by atoms with Gasteiger partial charge in [0.1, 0.15) is 11.9 Å². The molecule has 0 radical (unpaired) electrons. The number of nitrogens with zero attached hydrogens (tertiary/aromatic N) is 6. The number of benzene rings is 1. The smallest absolute Gasteiger partial charge is 0.255 e. The van der Waals surface area contributed by atoms with Crippen LogP contribution in [0.4, 0.5) is 0 Å². The van der Waals surface area contributed by atoms with E-state index in [2.05, 4.69) is 25.7 Å². The predicted octanol–water partition coefficient (Wildman–Crippen LogP) is 3.03. The highest BCUT2D eigenvalue weighted by atomic mass is 16.5. The number of imidazole rings is 1. The van der Waals surface area contributed by atoms with E-state index in [1.165, 1.54) is 4.90 Å². The second-order valence-electron chi connectivity index (χ2n) is 11.9. The number of ether oxygens (including phenoxy) is 2. The topological polar surface area (TPSA) is 146 Å². The number of hydrogen-bond donors (Lipinski definition) is 2. The van der Waals surface area contributed by atoms with Crippen LogP contribution in [0.1, 0.15) is 48.4 Å². The molecule has 13 nitrogen and oxygen atoms in total. The first kappa shape index (κ1) is 32.5. The van der Waals surface area contributed by atoms with Gasteiger partial charge in [0.05, 0.1) is 36.9 Å². The Kier molecular flexibility index (Phi) is 9.88. The summed E-state index contributed by atoms with van der Waals surface area (Å²) in [5.41, 5.74) is 3.20. The van der Waals surface area contributed by atoms with Gasteiger partial charge in [-0.25, -0.2) is 9.97 Å². The van der Waals surface area contributed by atoms with Crippen LogP contribution in [0.25, 0.3) is 22.4 Å². The van der Waals surface area contributed by atoms with E-state index in [1.54, 1.807) is 31.1 Å². The summed E-state index contributed by atoms with van der Waals surface area (Å²) in [6, 6.07) is 6.62. The summed E-state index contributed by atoms with van der Waals surface area (Å²) in [5, 5.41) is 11.0. The molecule has 0 aliphatic carbocycles. The van der Waals surface area contributed by atoms with Crippen molar-refractivity contribution < 1.29 is 23.9 Å². The molecule has 244 valence electrons. The third-order valence-electron chi connectivity index (χ3n) is 8.06. The Morgan fingerprint density at radius 1 is 1.13 bits per heavy atom. The molecule has 0 fully saturated rings. The Morgan fingerprint density at radius 3 is 2.70 bits per heavy atom. The molecule has 5 rings (SSSR count). The number of aryl methyl sites for hydroxylation is 4. The number of nitrogens with one attached hydrogen (secondary N) is 2. The standard InChI is InChI=1S/C33H42N8O5/c1-20(2)29-32(43)35-11-7-13-40-15-12-34-30(40)23-9-10-25(45-6)26(18-23)46-16-8-14-41(19-27(42)37-29)33(44)24-17-21(3)36-31-28(24)22(4)38-39(31)5/h9-10,12,15,17-18,20,29H,7-8,11,13-14,16,19H2,1-6H3,(H,35,43)(H,37,42)/t29-/m1/s1. The summed E-state index contributed by atoms with van der Waals surface area (Å²) in [4.78, 5) is 51.5. The van der Waals surface area contributed by atoms with Gasteiger partial charge < -0.3 is 29.6 Å². The van der Waals surface area contributed by atoms with Crippen LogP contribution in [0.2, 0.25) is 0 Å². The minimum absolute atomic E-state index is 0.169. The first-order valence-electron chi connectivity index (χ1n) is 15.6. The summed E-state index contributed by atoms with van der Waals surface area (Å²) in [6.07, 6.45) is 4.72. The zero-order valence-corrected chi connectivity index (χ0v) is 27.3. The average Bonchev–Trinajstić information content (AvgIpc) is 3.61. The maximum Gasteiger partial charge on any atom is 0.255 e. The first-order valence-corrected chi connectivity index (χ1v) is 15.6. The molecule has 1 aliphatic heterocycles. The normalized spacial score (nSPS) is 16.9. The number of rotatable bonds is 3. The largest absolute Gasteiger partial charge is 0.493 e. The summed E-state index contributed by atoms with van der Waals surface area (Å²) < 4.78 is 15.4. The fourth-order valence-electron chi connectivity index (χ4n) is 5.78. The highest BCUT2D eigenvalue weighted by Gasteiger charge is 2.28. The van der Waals surface area contributed by atoms with Gasteiger partial charge in [0.25, 0.3) is 5.91 Å². The number of hydrogen-bond acceptors (Lipinski definition) is 8. The van der Waals surface area contributed by atoms with Crippen LogP contribution >= 0.6 is 0 Å². The van der Waals surface area contributed by atoms with E-state index in [-0.39, 0.29) is 37.4 Å². The molecule has 0 saturated carbocycles. The molecular formula is C33H42N8O5. The summed E-state index contributed by atoms with van der Waals surface area (Å²) in [5.74, 6) is 0.698. The molecule has 0 unspecified atom stereocenters. The number of carbonyl (C=O) groups is 3. The lowest BCUT2D eigenvalue weighted by molar-refractivity contribution is -0.130. The van der Waals surface area contributed by atoms with E-state index >= 15 is 0 Å². The van der Waals surface area contributed by atoms with Crippen molar-refractivity contribution in [3.63, 3.8) is 0 Å². The molecule has 4 aromatic rings. The number of pyridine rings is 1. The van der Waals surface area contributed by atoms with Gasteiger partial charge in [0.2, 0.25) is 11.8 Å². The Hall–Kier alpha value is -4.94. The maximum absolute atomic E-state index is 14.2. The quantitative estimate of drug-likeness (QED) is 0.352. The lowest BCUT2D eigenvalue weighted by Crippen LogP contribution is -2.52. The molecule has 3 amide bonds. The molecule has 0 saturated heterocycles. The van der Waals surface area contributed by atoms with E-state index in [0.717, 1.165) is 11.4 Å².